The highest BCUT2D eigenvalue weighted by atomic mass is 16.7. The number of carbonyl (C=O) groups is 2. The monoisotopic (exact) mass is 379 g/mol. The van der Waals surface area contributed by atoms with E-state index in [2.05, 4.69) is 5.16 Å². The Morgan fingerprint density at radius 1 is 1.11 bits per heavy atom. The van der Waals surface area contributed by atoms with Gasteiger partial charge in [0.25, 0.3) is 11.6 Å². The number of oxime groups is 1. The van der Waals surface area contributed by atoms with Crippen molar-refractivity contribution in [3.8, 4) is 0 Å². The molecule has 28 heavy (non-hydrogen) atoms. The molecule has 8 heteroatoms. The molecule has 0 bridgehead atoms. The second-order valence-corrected chi connectivity index (χ2v) is 7.09. The zero-order valence-electron chi connectivity index (χ0n) is 15.3. The summed E-state index contributed by atoms with van der Waals surface area (Å²) < 4.78 is 0. The lowest BCUT2D eigenvalue weighted by Crippen LogP contribution is -2.40. The summed E-state index contributed by atoms with van der Waals surface area (Å²) in [5.74, 6) is -0.825. The van der Waals surface area contributed by atoms with Crippen LogP contribution in [0.15, 0.2) is 47.6 Å². The minimum absolute atomic E-state index is 0.0771. The number of hydrogen-bond donors (Lipinski definition) is 0. The Balaban J connectivity index is 1.61. The van der Waals surface area contributed by atoms with Crippen LogP contribution in [0.1, 0.15) is 29.5 Å². The van der Waals surface area contributed by atoms with Crippen LogP contribution < -0.4 is 4.90 Å². The third kappa shape index (κ3) is 2.74. The lowest BCUT2D eigenvalue weighted by atomic mass is 9.92. The Kier molecular flexibility index (Phi) is 3.99. The van der Waals surface area contributed by atoms with Gasteiger partial charge in [-0.2, -0.15) is 0 Å². The lowest BCUT2D eigenvalue weighted by molar-refractivity contribution is -0.384. The maximum absolute atomic E-state index is 13.1. The second-order valence-electron chi connectivity index (χ2n) is 7.09. The summed E-state index contributed by atoms with van der Waals surface area (Å²) in [6.07, 6.45) is -0.0409. The molecule has 8 nitrogen and oxygen atoms in total. The fourth-order valence-corrected chi connectivity index (χ4v) is 3.48. The zero-order chi connectivity index (χ0) is 20.1. The van der Waals surface area contributed by atoms with E-state index < -0.39 is 16.4 Å². The smallest absolute Gasteiger partial charge is 0.281 e. The van der Waals surface area contributed by atoms with Crippen molar-refractivity contribution < 1.29 is 19.3 Å². The molecule has 0 aliphatic carbocycles. The molecule has 4 rings (SSSR count). The first kappa shape index (κ1) is 17.8. The topological polar surface area (TPSA) is 102 Å². The van der Waals surface area contributed by atoms with Gasteiger partial charge in [0.1, 0.15) is 0 Å². The van der Waals surface area contributed by atoms with Gasteiger partial charge < -0.3 is 4.84 Å². The molecule has 0 N–H and O–H groups in total. The van der Waals surface area contributed by atoms with Crippen LogP contribution in [-0.2, 0) is 14.4 Å². The molecule has 2 aliphatic heterocycles. The molecular formula is C20H17N3O5. The van der Waals surface area contributed by atoms with E-state index in [-0.39, 0.29) is 24.4 Å². The quantitative estimate of drug-likeness (QED) is 0.463. The van der Waals surface area contributed by atoms with Crippen LogP contribution >= 0.6 is 0 Å². The molecule has 2 amide bonds. The van der Waals surface area contributed by atoms with Crippen LogP contribution in [0.2, 0.25) is 0 Å². The van der Waals surface area contributed by atoms with Crippen LogP contribution in [0.4, 0.5) is 11.4 Å². The third-order valence-corrected chi connectivity index (χ3v) is 5.20. The molecule has 0 radical (unpaired) electrons. The van der Waals surface area contributed by atoms with Gasteiger partial charge in [-0.3, -0.25) is 19.7 Å². The van der Waals surface area contributed by atoms with Crippen molar-refractivity contribution in [1.29, 1.82) is 0 Å². The van der Waals surface area contributed by atoms with Crippen LogP contribution in [0, 0.1) is 24.0 Å². The third-order valence-electron chi connectivity index (χ3n) is 5.20. The van der Waals surface area contributed by atoms with E-state index in [0.717, 1.165) is 16.0 Å². The van der Waals surface area contributed by atoms with E-state index in [1.54, 1.807) is 24.3 Å². The van der Waals surface area contributed by atoms with Gasteiger partial charge in [0.05, 0.1) is 22.7 Å². The number of benzene rings is 2. The number of rotatable bonds is 3. The number of hydrogen-bond acceptors (Lipinski definition) is 6. The van der Waals surface area contributed by atoms with Crippen molar-refractivity contribution in [2.75, 3.05) is 4.90 Å². The lowest BCUT2D eigenvalue weighted by Gasteiger charge is -2.20. The van der Waals surface area contributed by atoms with Crippen LogP contribution in [0.3, 0.4) is 0 Å². The molecule has 1 atom stereocenters. The van der Waals surface area contributed by atoms with E-state index in [0.29, 0.717) is 17.0 Å². The number of nitro benzene ring substituents is 1. The molecule has 2 aliphatic rings. The van der Waals surface area contributed by atoms with Crippen LogP contribution in [0.5, 0.6) is 0 Å². The Hall–Kier alpha value is -3.55. The number of non-ortho nitro benzene ring substituents is 1. The van der Waals surface area contributed by atoms with Gasteiger partial charge >= 0.3 is 0 Å². The number of nitrogens with zero attached hydrogens (tertiary/aromatic N) is 3. The summed E-state index contributed by atoms with van der Waals surface area (Å²) >= 11 is 0. The number of anilines is 1. The van der Waals surface area contributed by atoms with Gasteiger partial charge in [-0.25, -0.2) is 4.90 Å². The predicted octanol–water partition coefficient (Wildman–Crippen LogP) is 3.04. The standard InChI is InChI=1S/C20H17N3O5/c1-12-6-7-15(8-13(12)2)22-18(24)11-20(19(22)25)10-17(21-28-20)14-4-3-5-16(9-14)23(26)27/h3-9H,10-11H2,1-2H3/t20-/m0/s1. The Bertz CT molecular complexity index is 1060. The van der Waals surface area contributed by atoms with E-state index >= 15 is 0 Å². The highest BCUT2D eigenvalue weighted by Gasteiger charge is 2.58. The molecule has 2 aromatic rings. The maximum Gasteiger partial charge on any atom is 0.281 e. The summed E-state index contributed by atoms with van der Waals surface area (Å²) in [5.41, 5.74) is 1.97. The molecule has 1 fully saturated rings. The van der Waals surface area contributed by atoms with Gasteiger partial charge in [-0.05, 0) is 37.1 Å². The molecule has 0 unspecified atom stereocenters. The predicted molar refractivity (Wildman–Crippen MR) is 101 cm³/mol. The van der Waals surface area contributed by atoms with E-state index in [1.165, 1.54) is 12.1 Å². The van der Waals surface area contributed by atoms with Crippen LogP contribution in [-0.4, -0.2) is 28.1 Å². The molecule has 0 aromatic heterocycles. The van der Waals surface area contributed by atoms with Gasteiger partial charge in [-0.15, -0.1) is 0 Å². The molecular weight excluding hydrogens is 362 g/mol. The molecule has 142 valence electrons. The highest BCUT2D eigenvalue weighted by molar-refractivity contribution is 6.25. The summed E-state index contributed by atoms with van der Waals surface area (Å²) in [6.45, 7) is 3.86. The first-order chi connectivity index (χ1) is 13.3. The van der Waals surface area contributed by atoms with Gasteiger partial charge in [0.15, 0.2) is 0 Å². The van der Waals surface area contributed by atoms with Crippen LogP contribution in [0.25, 0.3) is 0 Å². The van der Waals surface area contributed by atoms with Gasteiger partial charge in [-0.1, -0.05) is 23.4 Å². The largest absolute Gasteiger partial charge is 0.378 e. The van der Waals surface area contributed by atoms with Crippen molar-refractivity contribution in [1.82, 2.24) is 0 Å². The summed E-state index contributed by atoms with van der Waals surface area (Å²) in [7, 11) is 0. The maximum atomic E-state index is 13.1. The SMILES string of the molecule is Cc1ccc(N2C(=O)C[C@@]3(CC(c4cccc([N+](=O)[O-])c4)=NO3)C2=O)cc1C. The normalized spacial score (nSPS) is 21.2. The minimum atomic E-state index is -1.39. The molecule has 1 saturated heterocycles. The fourth-order valence-electron chi connectivity index (χ4n) is 3.48. The number of nitro groups is 1. The summed E-state index contributed by atoms with van der Waals surface area (Å²) in [4.78, 5) is 42.8. The average Bonchev–Trinajstić information content (AvgIpc) is 3.19. The van der Waals surface area contributed by atoms with E-state index in [1.807, 2.05) is 19.9 Å². The van der Waals surface area contributed by atoms with Crippen molar-refractivity contribution in [3.63, 3.8) is 0 Å². The van der Waals surface area contributed by atoms with Crippen molar-refractivity contribution in [2.24, 2.45) is 5.16 Å². The number of imide groups is 1. The molecule has 1 spiro atoms. The minimum Gasteiger partial charge on any atom is -0.378 e. The molecule has 0 saturated carbocycles. The van der Waals surface area contributed by atoms with Crippen molar-refractivity contribution >= 4 is 28.9 Å². The number of carbonyl (C=O) groups excluding carboxylic acids is 2. The van der Waals surface area contributed by atoms with Gasteiger partial charge in [0.2, 0.25) is 11.5 Å². The Labute approximate surface area is 160 Å². The van der Waals surface area contributed by atoms with E-state index in [4.69, 9.17) is 4.84 Å². The number of aryl methyl sites for hydroxylation is 2. The fraction of sp³-hybridized carbons (Fsp3) is 0.250. The Morgan fingerprint density at radius 3 is 2.61 bits per heavy atom. The van der Waals surface area contributed by atoms with Gasteiger partial charge in [0, 0.05) is 24.1 Å². The second kappa shape index (κ2) is 6.26. The first-order valence-corrected chi connectivity index (χ1v) is 8.75. The molecule has 2 heterocycles. The molecule has 2 aromatic carbocycles. The summed E-state index contributed by atoms with van der Waals surface area (Å²) in [6, 6.07) is 11.3. The highest BCUT2D eigenvalue weighted by Crippen LogP contribution is 2.39. The zero-order valence-corrected chi connectivity index (χ0v) is 15.3. The number of amides is 2. The van der Waals surface area contributed by atoms with Crippen molar-refractivity contribution in [3.05, 3.63) is 69.3 Å². The van der Waals surface area contributed by atoms with E-state index in [9.17, 15) is 19.7 Å². The van der Waals surface area contributed by atoms with Crippen molar-refractivity contribution in [2.45, 2.75) is 32.3 Å². The average molecular weight is 379 g/mol. The Morgan fingerprint density at radius 2 is 1.89 bits per heavy atom. The first-order valence-electron chi connectivity index (χ1n) is 8.75. The summed E-state index contributed by atoms with van der Waals surface area (Å²) in [5, 5.41) is 15.0.